The zero-order chi connectivity index (χ0) is 21.7. The predicted octanol–water partition coefficient (Wildman–Crippen LogP) is 2.98. The minimum Gasteiger partial charge on any atom is -0.406 e. The molecule has 0 fully saturated rings. The van der Waals surface area contributed by atoms with Crippen LogP contribution in [-0.4, -0.2) is 42.4 Å². The molecule has 0 saturated carbocycles. The maximum atomic E-state index is 12.5. The van der Waals surface area contributed by atoms with Crippen molar-refractivity contribution in [1.82, 2.24) is 9.29 Å². The van der Waals surface area contributed by atoms with Gasteiger partial charge in [-0.05, 0) is 24.3 Å². The highest BCUT2D eigenvalue weighted by Gasteiger charge is 2.41. The van der Waals surface area contributed by atoms with Gasteiger partial charge in [0.25, 0.3) is 15.9 Å². The van der Waals surface area contributed by atoms with E-state index in [4.69, 9.17) is 0 Å². The molecular formula is C17H10F3N3O5S2. The molecule has 0 aliphatic carbocycles. The van der Waals surface area contributed by atoms with Crippen LogP contribution in [0, 0.1) is 0 Å². The number of amides is 2. The lowest BCUT2D eigenvalue weighted by atomic mass is 10.2. The Labute approximate surface area is 170 Å². The third-order valence-corrected chi connectivity index (χ3v) is 6.76. The van der Waals surface area contributed by atoms with Crippen molar-refractivity contribution in [2.24, 2.45) is 0 Å². The number of carbonyl (C=O) groups is 2. The molecule has 0 unspecified atom stereocenters. The minimum absolute atomic E-state index is 0.0255. The summed E-state index contributed by atoms with van der Waals surface area (Å²) in [6.45, 7) is -0.770. The standard InChI is InChI=1S/C17H10F3N3O5S2/c18-17(19,20)28-9-5-6-11-12(7-9)29-16(21-11)22-14(24)8-23-15(25)10-3-1-2-4-13(10)30(23,26)27/h1-7H,8H2,(H,21,22,24). The van der Waals surface area contributed by atoms with Crippen LogP contribution in [-0.2, 0) is 14.8 Å². The number of nitrogens with one attached hydrogen (secondary N) is 1. The maximum Gasteiger partial charge on any atom is 0.573 e. The number of anilines is 1. The molecule has 0 saturated heterocycles. The van der Waals surface area contributed by atoms with Crippen molar-refractivity contribution in [3.63, 3.8) is 0 Å². The molecule has 2 amide bonds. The highest BCUT2D eigenvalue weighted by atomic mass is 32.2. The molecule has 1 aliphatic rings. The van der Waals surface area contributed by atoms with Gasteiger partial charge in [0.2, 0.25) is 5.91 Å². The average Bonchev–Trinajstić information content (AvgIpc) is 3.12. The van der Waals surface area contributed by atoms with Gasteiger partial charge in [-0.25, -0.2) is 17.7 Å². The van der Waals surface area contributed by atoms with E-state index in [0.717, 1.165) is 23.5 Å². The van der Waals surface area contributed by atoms with E-state index >= 15 is 0 Å². The normalized spacial score (nSPS) is 15.3. The number of sulfonamides is 1. The van der Waals surface area contributed by atoms with Gasteiger partial charge in [0.15, 0.2) is 5.13 Å². The number of halogens is 3. The van der Waals surface area contributed by atoms with Crippen LogP contribution in [0.5, 0.6) is 5.75 Å². The third kappa shape index (κ3) is 3.68. The number of alkyl halides is 3. The molecule has 3 aromatic rings. The molecule has 4 rings (SSSR count). The summed E-state index contributed by atoms with van der Waals surface area (Å²) in [6.07, 6.45) is -4.85. The Balaban J connectivity index is 1.51. The van der Waals surface area contributed by atoms with Gasteiger partial charge >= 0.3 is 6.36 Å². The Morgan fingerprint density at radius 3 is 2.63 bits per heavy atom. The van der Waals surface area contributed by atoms with Gasteiger partial charge in [-0.3, -0.25) is 9.59 Å². The first-order valence-electron chi connectivity index (χ1n) is 8.17. The van der Waals surface area contributed by atoms with Crippen LogP contribution in [0.4, 0.5) is 18.3 Å². The number of hydrogen-bond acceptors (Lipinski definition) is 7. The first-order chi connectivity index (χ1) is 14.0. The number of thiazole rings is 1. The van der Waals surface area contributed by atoms with Gasteiger partial charge in [0, 0.05) is 6.07 Å². The van der Waals surface area contributed by atoms with E-state index in [0.29, 0.717) is 14.5 Å². The number of hydrogen-bond donors (Lipinski definition) is 1. The van der Waals surface area contributed by atoms with E-state index in [1.54, 1.807) is 0 Å². The van der Waals surface area contributed by atoms with Crippen molar-refractivity contribution < 1.29 is 35.9 Å². The molecule has 156 valence electrons. The highest BCUT2D eigenvalue weighted by Crippen LogP contribution is 2.32. The van der Waals surface area contributed by atoms with Crippen LogP contribution in [0.2, 0.25) is 0 Å². The molecule has 2 aromatic carbocycles. The second-order valence-corrected chi connectivity index (χ2v) is 8.92. The summed E-state index contributed by atoms with van der Waals surface area (Å²) in [4.78, 5) is 28.5. The fourth-order valence-corrected chi connectivity index (χ4v) is 5.27. The Morgan fingerprint density at radius 2 is 1.93 bits per heavy atom. The number of fused-ring (bicyclic) bond motifs is 2. The van der Waals surface area contributed by atoms with Crippen molar-refractivity contribution in [2.75, 3.05) is 11.9 Å². The number of nitrogens with zero attached hydrogens (tertiary/aromatic N) is 2. The number of benzene rings is 2. The van der Waals surface area contributed by atoms with Gasteiger partial charge in [0.05, 0.1) is 15.8 Å². The molecular weight excluding hydrogens is 447 g/mol. The Kier molecular flexibility index (Phi) is 4.66. The maximum absolute atomic E-state index is 12.5. The number of ether oxygens (including phenoxy) is 1. The predicted molar refractivity (Wildman–Crippen MR) is 99.6 cm³/mol. The van der Waals surface area contributed by atoms with Crippen molar-refractivity contribution in [1.29, 1.82) is 0 Å². The lowest BCUT2D eigenvalue weighted by molar-refractivity contribution is -0.274. The van der Waals surface area contributed by atoms with Crippen molar-refractivity contribution >= 4 is 48.5 Å². The Bertz CT molecular complexity index is 1290. The van der Waals surface area contributed by atoms with E-state index in [9.17, 15) is 31.2 Å². The first-order valence-corrected chi connectivity index (χ1v) is 10.4. The molecule has 0 radical (unpaired) electrons. The number of aromatic nitrogens is 1. The first kappa shape index (κ1) is 20.1. The second-order valence-electron chi connectivity index (χ2n) is 6.06. The van der Waals surface area contributed by atoms with E-state index in [1.165, 1.54) is 30.3 Å². The van der Waals surface area contributed by atoms with Gasteiger partial charge in [-0.2, -0.15) is 0 Å². The SMILES string of the molecule is O=C(CN1C(=O)c2ccccc2S1(=O)=O)Nc1nc2ccc(OC(F)(F)F)cc2s1. The summed E-state index contributed by atoms with van der Waals surface area (Å²) in [5.41, 5.74) is 0.282. The van der Waals surface area contributed by atoms with Gasteiger partial charge in [-0.15, -0.1) is 13.2 Å². The summed E-state index contributed by atoms with van der Waals surface area (Å²) in [5, 5.41) is 2.39. The molecule has 13 heteroatoms. The molecule has 0 bridgehead atoms. The average molecular weight is 457 g/mol. The largest absolute Gasteiger partial charge is 0.573 e. The Morgan fingerprint density at radius 1 is 1.20 bits per heavy atom. The van der Waals surface area contributed by atoms with E-state index < -0.39 is 40.5 Å². The fraction of sp³-hybridized carbons (Fsp3) is 0.118. The van der Waals surface area contributed by atoms with Crippen LogP contribution in [0.25, 0.3) is 10.2 Å². The highest BCUT2D eigenvalue weighted by molar-refractivity contribution is 7.90. The molecule has 1 aliphatic heterocycles. The fourth-order valence-electron chi connectivity index (χ4n) is 2.83. The topological polar surface area (TPSA) is 106 Å². The van der Waals surface area contributed by atoms with E-state index in [2.05, 4.69) is 15.0 Å². The Hall–Kier alpha value is -3.19. The second kappa shape index (κ2) is 6.95. The van der Waals surface area contributed by atoms with Crippen molar-refractivity contribution in [3.05, 3.63) is 48.0 Å². The quantitative estimate of drug-likeness (QED) is 0.646. The molecule has 0 spiro atoms. The minimum atomic E-state index is -4.85. The van der Waals surface area contributed by atoms with Crippen LogP contribution < -0.4 is 10.1 Å². The van der Waals surface area contributed by atoms with Crippen molar-refractivity contribution in [2.45, 2.75) is 11.3 Å². The number of rotatable bonds is 4. The third-order valence-electron chi connectivity index (χ3n) is 4.04. The van der Waals surface area contributed by atoms with Gasteiger partial charge in [0.1, 0.15) is 17.2 Å². The molecule has 8 nitrogen and oxygen atoms in total. The van der Waals surface area contributed by atoms with Crippen LogP contribution >= 0.6 is 11.3 Å². The van der Waals surface area contributed by atoms with Crippen LogP contribution in [0.15, 0.2) is 47.4 Å². The zero-order valence-electron chi connectivity index (χ0n) is 14.6. The van der Waals surface area contributed by atoms with E-state index in [1.807, 2.05) is 0 Å². The lowest BCUT2D eigenvalue weighted by Gasteiger charge is -2.13. The summed E-state index contributed by atoms with van der Waals surface area (Å²) in [7, 11) is -4.15. The van der Waals surface area contributed by atoms with Crippen molar-refractivity contribution in [3.8, 4) is 5.75 Å². The molecule has 30 heavy (non-hydrogen) atoms. The summed E-state index contributed by atoms with van der Waals surface area (Å²) in [5.74, 6) is -2.09. The van der Waals surface area contributed by atoms with Gasteiger partial charge < -0.3 is 10.1 Å². The lowest BCUT2D eigenvalue weighted by Crippen LogP contribution is -2.37. The molecule has 0 atom stereocenters. The van der Waals surface area contributed by atoms with Crippen LogP contribution in [0.3, 0.4) is 0 Å². The summed E-state index contributed by atoms with van der Waals surface area (Å²) in [6, 6.07) is 9.07. The van der Waals surface area contributed by atoms with Gasteiger partial charge in [-0.1, -0.05) is 23.5 Å². The molecule has 1 N–H and O–H groups in total. The molecule has 1 aromatic heterocycles. The molecule has 2 heterocycles. The number of carbonyl (C=O) groups excluding carboxylic acids is 2. The summed E-state index contributed by atoms with van der Waals surface area (Å²) >= 11 is 0.868. The smallest absolute Gasteiger partial charge is 0.406 e. The zero-order valence-corrected chi connectivity index (χ0v) is 16.3. The van der Waals surface area contributed by atoms with Crippen LogP contribution in [0.1, 0.15) is 10.4 Å². The monoisotopic (exact) mass is 457 g/mol. The van der Waals surface area contributed by atoms with E-state index in [-0.39, 0.29) is 15.6 Å². The summed E-state index contributed by atoms with van der Waals surface area (Å²) < 4.78 is 66.6.